The predicted molar refractivity (Wildman–Crippen MR) is 118 cm³/mol. The SMILES string of the molecule is CCc1c2c(nc3cc(C#N)c(C)c(C)c13)-c1cc3c(c(=O)n1C2)COC(=O)[C@]3(O)CC. The van der Waals surface area contributed by atoms with Crippen molar-refractivity contribution in [1.29, 1.82) is 5.26 Å². The summed E-state index contributed by atoms with van der Waals surface area (Å²) in [7, 11) is 0. The van der Waals surface area contributed by atoms with Gasteiger partial charge in [-0.15, -0.1) is 0 Å². The van der Waals surface area contributed by atoms with E-state index in [4.69, 9.17) is 9.72 Å². The minimum absolute atomic E-state index is 0.101. The average molecular weight is 429 g/mol. The molecule has 2 aliphatic heterocycles. The first-order chi connectivity index (χ1) is 15.3. The van der Waals surface area contributed by atoms with Crippen LogP contribution in [0.3, 0.4) is 0 Å². The summed E-state index contributed by atoms with van der Waals surface area (Å²) < 4.78 is 6.79. The molecule has 7 nitrogen and oxygen atoms in total. The predicted octanol–water partition coefficient (Wildman–Crippen LogP) is 3.13. The van der Waals surface area contributed by atoms with E-state index in [2.05, 4.69) is 13.0 Å². The van der Waals surface area contributed by atoms with Crippen molar-refractivity contribution in [3.05, 3.63) is 61.4 Å². The van der Waals surface area contributed by atoms with Crippen molar-refractivity contribution in [2.45, 2.75) is 59.3 Å². The van der Waals surface area contributed by atoms with E-state index in [0.29, 0.717) is 40.1 Å². The largest absolute Gasteiger partial charge is 0.458 e. The van der Waals surface area contributed by atoms with Crippen molar-refractivity contribution in [2.24, 2.45) is 0 Å². The van der Waals surface area contributed by atoms with Gasteiger partial charge in [-0.25, -0.2) is 9.78 Å². The zero-order chi connectivity index (χ0) is 22.9. The van der Waals surface area contributed by atoms with Crippen LogP contribution in [0.5, 0.6) is 0 Å². The summed E-state index contributed by atoms with van der Waals surface area (Å²) in [4.78, 5) is 30.6. The van der Waals surface area contributed by atoms with Crippen LogP contribution in [0.25, 0.3) is 22.3 Å². The molecule has 0 saturated heterocycles. The molecule has 0 unspecified atom stereocenters. The quantitative estimate of drug-likeness (QED) is 0.491. The van der Waals surface area contributed by atoms with Gasteiger partial charge in [0.2, 0.25) is 0 Å². The molecule has 0 fully saturated rings. The molecule has 1 N–H and O–H groups in total. The van der Waals surface area contributed by atoms with Gasteiger partial charge in [-0.3, -0.25) is 4.79 Å². The lowest BCUT2D eigenvalue weighted by Crippen LogP contribution is -2.44. The van der Waals surface area contributed by atoms with Gasteiger partial charge in [0.05, 0.1) is 40.6 Å². The van der Waals surface area contributed by atoms with Crippen LogP contribution in [0.15, 0.2) is 16.9 Å². The van der Waals surface area contributed by atoms with E-state index < -0.39 is 11.6 Å². The number of pyridine rings is 2. The number of benzene rings is 1. The van der Waals surface area contributed by atoms with E-state index in [1.165, 1.54) is 0 Å². The van der Waals surface area contributed by atoms with Crippen molar-refractivity contribution in [3.63, 3.8) is 0 Å². The molecule has 4 heterocycles. The summed E-state index contributed by atoms with van der Waals surface area (Å²) in [6, 6.07) is 5.77. The lowest BCUT2D eigenvalue weighted by atomic mass is 9.86. The highest BCUT2D eigenvalue weighted by molar-refractivity contribution is 5.93. The number of carbonyl (C=O) groups is 1. The number of hydrogen-bond donors (Lipinski definition) is 1. The molecule has 1 atom stereocenters. The minimum atomic E-state index is -1.85. The molecule has 7 heteroatoms. The Kier molecular flexibility index (Phi) is 4.30. The van der Waals surface area contributed by atoms with Gasteiger partial charge in [-0.1, -0.05) is 13.8 Å². The van der Waals surface area contributed by atoms with E-state index in [-0.39, 0.29) is 18.6 Å². The van der Waals surface area contributed by atoms with E-state index in [9.17, 15) is 20.0 Å². The molecular formula is C25H23N3O4. The topological polar surface area (TPSA) is 105 Å². The Labute approximate surface area is 184 Å². The number of nitriles is 1. The summed E-state index contributed by atoms with van der Waals surface area (Å²) in [6.45, 7) is 7.93. The van der Waals surface area contributed by atoms with Crippen molar-refractivity contribution in [1.82, 2.24) is 9.55 Å². The van der Waals surface area contributed by atoms with Gasteiger partial charge in [0.25, 0.3) is 5.56 Å². The van der Waals surface area contributed by atoms with Gasteiger partial charge < -0.3 is 14.4 Å². The van der Waals surface area contributed by atoms with Crippen LogP contribution in [0, 0.1) is 25.2 Å². The van der Waals surface area contributed by atoms with Gasteiger partial charge in [0.15, 0.2) is 5.60 Å². The molecule has 0 radical (unpaired) electrons. The maximum atomic E-state index is 13.4. The number of nitrogens with zero attached hydrogens (tertiary/aromatic N) is 3. The van der Waals surface area contributed by atoms with Crippen molar-refractivity contribution < 1.29 is 14.6 Å². The highest BCUT2D eigenvalue weighted by Crippen LogP contribution is 2.41. The summed E-state index contributed by atoms with van der Waals surface area (Å²) in [5.41, 5.74) is 5.06. The van der Waals surface area contributed by atoms with Crippen LogP contribution in [-0.4, -0.2) is 20.6 Å². The highest BCUT2D eigenvalue weighted by Gasteiger charge is 2.45. The molecule has 3 aromatic rings. The molecule has 0 bridgehead atoms. The second kappa shape index (κ2) is 6.75. The van der Waals surface area contributed by atoms with Crippen molar-refractivity contribution in [3.8, 4) is 17.5 Å². The van der Waals surface area contributed by atoms with Gasteiger partial charge in [-0.05, 0) is 55.5 Å². The van der Waals surface area contributed by atoms with Crippen LogP contribution in [0.2, 0.25) is 0 Å². The van der Waals surface area contributed by atoms with Crippen LogP contribution in [0.4, 0.5) is 0 Å². The Bertz CT molecular complexity index is 1460. The van der Waals surface area contributed by atoms with Crippen molar-refractivity contribution >= 4 is 16.9 Å². The Hall–Kier alpha value is -3.50. The average Bonchev–Trinajstić information content (AvgIpc) is 3.16. The first-order valence-electron chi connectivity index (χ1n) is 10.8. The molecule has 0 saturated carbocycles. The molecule has 1 aromatic carbocycles. The number of aryl methyl sites for hydroxylation is 2. The maximum absolute atomic E-state index is 13.4. The second-order valence-electron chi connectivity index (χ2n) is 8.55. The number of ether oxygens (including phenoxy) is 1. The summed E-state index contributed by atoms with van der Waals surface area (Å²) >= 11 is 0. The fourth-order valence-corrected chi connectivity index (χ4v) is 5.15. The molecule has 32 heavy (non-hydrogen) atoms. The van der Waals surface area contributed by atoms with Crippen LogP contribution < -0.4 is 5.56 Å². The Morgan fingerprint density at radius 2 is 1.97 bits per heavy atom. The molecule has 0 aliphatic carbocycles. The number of carbonyl (C=O) groups excluding carboxylic acids is 1. The molecular weight excluding hydrogens is 406 g/mol. The summed E-state index contributed by atoms with van der Waals surface area (Å²) in [5.74, 6) is -0.736. The summed E-state index contributed by atoms with van der Waals surface area (Å²) in [5, 5.41) is 21.6. The second-order valence-corrected chi connectivity index (χ2v) is 8.55. The third kappa shape index (κ3) is 2.41. The smallest absolute Gasteiger partial charge is 0.343 e. The van der Waals surface area contributed by atoms with Gasteiger partial charge in [-0.2, -0.15) is 5.26 Å². The minimum Gasteiger partial charge on any atom is -0.458 e. The zero-order valence-corrected chi connectivity index (χ0v) is 18.5. The normalized spacial score (nSPS) is 18.7. The number of cyclic esters (lactones) is 1. The van der Waals surface area contributed by atoms with Crippen LogP contribution >= 0.6 is 0 Å². The fourth-order valence-electron chi connectivity index (χ4n) is 5.15. The first-order valence-corrected chi connectivity index (χ1v) is 10.8. The number of aliphatic hydroxyl groups is 1. The zero-order valence-electron chi connectivity index (χ0n) is 18.5. The number of rotatable bonds is 2. The number of fused-ring (bicyclic) bond motifs is 5. The molecule has 2 aliphatic rings. The van der Waals surface area contributed by atoms with Crippen molar-refractivity contribution in [2.75, 3.05) is 0 Å². The Morgan fingerprint density at radius 3 is 2.62 bits per heavy atom. The van der Waals surface area contributed by atoms with Gasteiger partial charge >= 0.3 is 5.97 Å². The van der Waals surface area contributed by atoms with E-state index in [1.54, 1.807) is 23.6 Å². The molecule has 5 rings (SSSR count). The van der Waals surface area contributed by atoms with E-state index in [1.807, 2.05) is 13.8 Å². The maximum Gasteiger partial charge on any atom is 0.343 e. The van der Waals surface area contributed by atoms with Gasteiger partial charge in [0.1, 0.15) is 6.61 Å². The monoisotopic (exact) mass is 429 g/mol. The number of aromatic nitrogens is 2. The Morgan fingerprint density at radius 1 is 1.22 bits per heavy atom. The van der Waals surface area contributed by atoms with Crippen LogP contribution in [-0.2, 0) is 34.7 Å². The van der Waals surface area contributed by atoms with E-state index in [0.717, 1.165) is 34.1 Å². The number of hydrogen-bond acceptors (Lipinski definition) is 6. The van der Waals surface area contributed by atoms with Gasteiger partial charge in [0, 0.05) is 16.5 Å². The molecule has 2 aromatic heterocycles. The molecule has 0 spiro atoms. The lowest BCUT2D eigenvalue weighted by Gasteiger charge is -2.31. The number of esters is 1. The summed E-state index contributed by atoms with van der Waals surface area (Å²) in [6.07, 6.45) is 0.848. The third-order valence-electron chi connectivity index (χ3n) is 7.14. The lowest BCUT2D eigenvalue weighted by molar-refractivity contribution is -0.172. The standard InChI is InChI=1S/C25H23N3O4/c1-5-15-16-10-28-20(8-18-17(23(28)29)11-32-24(30)25(18,31)6-2)22(16)27-19-7-14(9-26)12(3)13(4)21(15)19/h7-8,31H,5-6,10-11H2,1-4H3/t25-/m0/s1. The van der Waals surface area contributed by atoms with Crippen LogP contribution in [0.1, 0.15) is 59.2 Å². The first kappa shape index (κ1) is 20.4. The third-order valence-corrected chi connectivity index (χ3v) is 7.14. The highest BCUT2D eigenvalue weighted by atomic mass is 16.6. The van der Waals surface area contributed by atoms with E-state index >= 15 is 0 Å². The molecule has 162 valence electrons. The fraction of sp³-hybridized carbons (Fsp3) is 0.360. The Balaban J connectivity index is 1.87. The molecule has 0 amide bonds.